The Kier molecular flexibility index (Phi) is 7.29. The number of carbonyl (C=O) groups excluding carboxylic acids is 2. The van der Waals surface area contributed by atoms with Crippen molar-refractivity contribution < 1.29 is 9.59 Å². The second kappa shape index (κ2) is 9.76. The fourth-order valence-electron chi connectivity index (χ4n) is 1.72. The van der Waals surface area contributed by atoms with Gasteiger partial charge in [-0.2, -0.15) is 0 Å². The van der Waals surface area contributed by atoms with Gasteiger partial charge in [0.15, 0.2) is 0 Å². The molecule has 2 aromatic heterocycles. The van der Waals surface area contributed by atoms with Crippen LogP contribution in [0.4, 0.5) is 0 Å². The highest BCUT2D eigenvalue weighted by atomic mass is 32.1. The maximum atomic E-state index is 11.6. The molecular weight excluding hydrogens is 328 g/mol. The van der Waals surface area contributed by atoms with E-state index < -0.39 is 0 Å². The summed E-state index contributed by atoms with van der Waals surface area (Å²) in [5.74, 6) is -0.246. The van der Waals surface area contributed by atoms with E-state index in [2.05, 4.69) is 10.6 Å². The van der Waals surface area contributed by atoms with Gasteiger partial charge in [-0.15, -0.1) is 22.7 Å². The van der Waals surface area contributed by atoms with Crippen LogP contribution in [0.2, 0.25) is 0 Å². The van der Waals surface area contributed by atoms with Crippen molar-refractivity contribution >= 4 is 46.6 Å². The molecule has 4 nitrogen and oxygen atoms in total. The van der Waals surface area contributed by atoms with Crippen molar-refractivity contribution in [1.29, 1.82) is 0 Å². The Hall–Kier alpha value is -2.18. The first-order chi connectivity index (χ1) is 11.2. The van der Waals surface area contributed by atoms with Crippen LogP contribution < -0.4 is 10.6 Å². The van der Waals surface area contributed by atoms with Crippen molar-refractivity contribution in [1.82, 2.24) is 10.6 Å². The van der Waals surface area contributed by atoms with Crippen LogP contribution in [-0.2, 0) is 9.59 Å². The largest absolute Gasteiger partial charge is 0.352 e. The summed E-state index contributed by atoms with van der Waals surface area (Å²) in [4.78, 5) is 25.2. The highest BCUT2D eigenvalue weighted by Crippen LogP contribution is 2.10. The highest BCUT2D eigenvalue weighted by Gasteiger charge is 1.97. The second-order valence-corrected chi connectivity index (χ2v) is 6.59. The molecule has 6 heteroatoms. The van der Waals surface area contributed by atoms with Crippen molar-refractivity contribution in [3.63, 3.8) is 0 Å². The molecule has 2 N–H and O–H groups in total. The van der Waals surface area contributed by atoms with Crippen LogP contribution in [-0.4, -0.2) is 24.9 Å². The zero-order valence-electron chi connectivity index (χ0n) is 12.5. The van der Waals surface area contributed by atoms with Gasteiger partial charge in [0, 0.05) is 35.0 Å². The number of rotatable bonds is 8. The van der Waals surface area contributed by atoms with Crippen molar-refractivity contribution in [2.75, 3.05) is 13.1 Å². The topological polar surface area (TPSA) is 58.2 Å². The van der Waals surface area contributed by atoms with E-state index in [1.807, 2.05) is 35.0 Å². The summed E-state index contributed by atoms with van der Waals surface area (Å²) < 4.78 is 0. The summed E-state index contributed by atoms with van der Waals surface area (Å²) in [6.07, 6.45) is 7.31. The van der Waals surface area contributed by atoms with Gasteiger partial charge in [-0.1, -0.05) is 12.1 Å². The van der Waals surface area contributed by atoms with Crippen LogP contribution in [0, 0.1) is 0 Å². The molecule has 0 saturated carbocycles. The molecule has 0 spiro atoms. The third-order valence-corrected chi connectivity index (χ3v) is 4.51. The Balaban J connectivity index is 1.55. The number of amides is 2. The smallest absolute Gasteiger partial charge is 0.244 e. The first kappa shape index (κ1) is 17.2. The second-order valence-electron chi connectivity index (χ2n) is 4.63. The van der Waals surface area contributed by atoms with Gasteiger partial charge in [0.05, 0.1) is 0 Å². The monoisotopic (exact) mass is 346 g/mol. The van der Waals surface area contributed by atoms with E-state index >= 15 is 0 Å². The molecule has 0 saturated heterocycles. The number of nitrogens with one attached hydrogen (secondary N) is 2. The normalized spacial score (nSPS) is 11.1. The molecule has 0 fully saturated rings. The zero-order valence-corrected chi connectivity index (χ0v) is 14.2. The molecule has 23 heavy (non-hydrogen) atoms. The lowest BCUT2D eigenvalue weighted by Crippen LogP contribution is -2.28. The lowest BCUT2D eigenvalue weighted by Gasteiger charge is -2.03. The van der Waals surface area contributed by atoms with E-state index in [4.69, 9.17) is 0 Å². The standard InChI is InChI=1S/C17H18N2O2S2/c20-16(8-6-14-4-1-12-22-14)18-10-3-11-19-17(21)9-7-15-5-2-13-23-15/h1-2,4-9,12-13H,3,10-11H2,(H,18,20)(H,19,21)/b8-6+,9-7+. The third kappa shape index (κ3) is 7.08. The molecule has 0 aliphatic carbocycles. The third-order valence-electron chi connectivity index (χ3n) is 2.84. The fraction of sp³-hybridized carbons (Fsp3) is 0.176. The van der Waals surface area contributed by atoms with Crippen molar-refractivity contribution in [3.05, 3.63) is 56.9 Å². The maximum Gasteiger partial charge on any atom is 0.244 e. The Morgan fingerprint density at radius 1 is 0.870 bits per heavy atom. The van der Waals surface area contributed by atoms with Gasteiger partial charge in [0.25, 0.3) is 0 Å². The maximum absolute atomic E-state index is 11.6. The number of carbonyl (C=O) groups is 2. The van der Waals surface area contributed by atoms with Gasteiger partial charge in [0.2, 0.25) is 11.8 Å². The molecule has 2 amide bonds. The zero-order chi connectivity index (χ0) is 16.3. The summed E-state index contributed by atoms with van der Waals surface area (Å²) in [5, 5.41) is 9.50. The molecule has 0 aromatic carbocycles. The van der Waals surface area contributed by atoms with E-state index in [0.717, 1.165) is 9.75 Å². The SMILES string of the molecule is O=C(/C=C/c1cccs1)NCCCNC(=O)/C=C/c1cccs1. The predicted molar refractivity (Wildman–Crippen MR) is 97.3 cm³/mol. The summed E-state index contributed by atoms with van der Waals surface area (Å²) in [5.41, 5.74) is 0. The summed E-state index contributed by atoms with van der Waals surface area (Å²) in [7, 11) is 0. The van der Waals surface area contributed by atoms with E-state index in [-0.39, 0.29) is 11.8 Å². The van der Waals surface area contributed by atoms with Gasteiger partial charge in [-0.05, 0) is 41.5 Å². The van der Waals surface area contributed by atoms with Crippen molar-refractivity contribution in [2.45, 2.75) is 6.42 Å². The minimum absolute atomic E-state index is 0.123. The van der Waals surface area contributed by atoms with Crippen molar-refractivity contribution in [3.8, 4) is 0 Å². The summed E-state index contributed by atoms with van der Waals surface area (Å²) in [6, 6.07) is 7.79. The molecule has 120 valence electrons. The number of thiophene rings is 2. The minimum Gasteiger partial charge on any atom is -0.352 e. The molecule has 0 radical (unpaired) electrons. The average molecular weight is 346 g/mol. The Labute approximate surface area is 143 Å². The van der Waals surface area contributed by atoms with Crippen LogP contribution in [0.3, 0.4) is 0 Å². The van der Waals surface area contributed by atoms with Crippen molar-refractivity contribution in [2.24, 2.45) is 0 Å². The number of hydrogen-bond acceptors (Lipinski definition) is 4. The molecule has 0 atom stereocenters. The van der Waals surface area contributed by atoms with Crippen LogP contribution in [0.5, 0.6) is 0 Å². The summed E-state index contributed by atoms with van der Waals surface area (Å²) >= 11 is 3.17. The first-order valence-corrected chi connectivity index (χ1v) is 8.99. The molecule has 0 aliphatic heterocycles. The van der Waals surface area contributed by atoms with Crippen LogP contribution in [0.15, 0.2) is 47.2 Å². The van der Waals surface area contributed by atoms with Crippen LogP contribution in [0.25, 0.3) is 12.2 Å². The van der Waals surface area contributed by atoms with Gasteiger partial charge in [-0.25, -0.2) is 0 Å². The first-order valence-electron chi connectivity index (χ1n) is 7.23. The molecule has 0 aliphatic rings. The molecule has 0 bridgehead atoms. The minimum atomic E-state index is -0.123. The van der Waals surface area contributed by atoms with Gasteiger partial charge in [-0.3, -0.25) is 9.59 Å². The Morgan fingerprint density at radius 2 is 1.35 bits per heavy atom. The van der Waals surface area contributed by atoms with Gasteiger partial charge < -0.3 is 10.6 Å². The van der Waals surface area contributed by atoms with E-state index in [1.54, 1.807) is 34.8 Å². The highest BCUT2D eigenvalue weighted by molar-refractivity contribution is 7.11. The lowest BCUT2D eigenvalue weighted by molar-refractivity contribution is -0.116. The molecule has 2 rings (SSSR count). The lowest BCUT2D eigenvalue weighted by atomic mass is 10.3. The number of hydrogen-bond donors (Lipinski definition) is 2. The van der Waals surface area contributed by atoms with E-state index in [0.29, 0.717) is 19.5 Å². The molecule has 0 unspecified atom stereocenters. The average Bonchev–Trinajstić information content (AvgIpc) is 3.24. The van der Waals surface area contributed by atoms with Gasteiger partial charge in [0.1, 0.15) is 0 Å². The quantitative estimate of drug-likeness (QED) is 0.570. The molecule has 2 heterocycles. The Bertz CT molecular complexity index is 601. The molecule has 2 aromatic rings. The Morgan fingerprint density at radius 3 is 1.74 bits per heavy atom. The van der Waals surface area contributed by atoms with Crippen LogP contribution >= 0.6 is 22.7 Å². The van der Waals surface area contributed by atoms with Crippen LogP contribution in [0.1, 0.15) is 16.2 Å². The fourth-order valence-corrected chi connectivity index (χ4v) is 2.95. The van der Waals surface area contributed by atoms with E-state index in [1.165, 1.54) is 12.2 Å². The molecular formula is C17H18N2O2S2. The van der Waals surface area contributed by atoms with E-state index in [9.17, 15) is 9.59 Å². The summed E-state index contributed by atoms with van der Waals surface area (Å²) in [6.45, 7) is 1.06. The van der Waals surface area contributed by atoms with Gasteiger partial charge >= 0.3 is 0 Å². The predicted octanol–water partition coefficient (Wildman–Crippen LogP) is 3.16.